The molecule has 4 heteroatoms. The maximum absolute atomic E-state index is 11.0. The number of aldehydes is 1. The van der Waals surface area contributed by atoms with Gasteiger partial charge >= 0.3 is 5.97 Å². The normalized spacial score (nSPS) is 10.2. The van der Waals surface area contributed by atoms with E-state index in [1.807, 2.05) is 0 Å². The van der Waals surface area contributed by atoms with Crippen LogP contribution in [0.4, 0.5) is 0 Å². The lowest BCUT2D eigenvalue weighted by molar-refractivity contribution is -0.140. The number of esters is 1. The van der Waals surface area contributed by atoms with Crippen LogP contribution in [0.5, 0.6) is 0 Å². The Morgan fingerprint density at radius 2 is 1.68 bits per heavy atom. The first-order chi connectivity index (χ1) is 9.18. The fourth-order valence-electron chi connectivity index (χ4n) is 1.57. The standard InChI is InChI=1S/C15H26O4/c1-14(2)15(17)19-13-12-18-11-9-7-5-3-4-6-8-10-16/h10H,1,3-9,11-13H2,2H3/p+1. The van der Waals surface area contributed by atoms with E-state index in [4.69, 9.17) is 14.3 Å². The third kappa shape index (κ3) is 13.1. The molecule has 0 unspecified atom stereocenters. The molecule has 0 heterocycles. The highest BCUT2D eigenvalue weighted by molar-refractivity contribution is 5.86. The molecule has 110 valence electrons. The van der Waals surface area contributed by atoms with Crippen molar-refractivity contribution in [2.45, 2.75) is 51.9 Å². The number of unbranched alkanes of at least 4 members (excludes halogenated alkanes) is 6. The topological polar surface area (TPSA) is 56.9 Å². The highest BCUT2D eigenvalue weighted by Crippen LogP contribution is 2.06. The number of ether oxygens (including phenoxy) is 2. The van der Waals surface area contributed by atoms with Gasteiger partial charge in [0.1, 0.15) is 6.61 Å². The molecule has 0 saturated carbocycles. The fraction of sp³-hybridized carbons (Fsp3) is 0.733. The summed E-state index contributed by atoms with van der Waals surface area (Å²) in [5.41, 5.74) is 0.416. The second-order valence-electron chi connectivity index (χ2n) is 4.62. The number of rotatable bonds is 13. The lowest BCUT2D eigenvalue weighted by atomic mass is 10.1. The van der Waals surface area contributed by atoms with E-state index < -0.39 is 0 Å². The van der Waals surface area contributed by atoms with Gasteiger partial charge in [-0.05, 0) is 19.8 Å². The molecule has 0 aliphatic carbocycles. The first kappa shape index (κ1) is 17.8. The molecule has 19 heavy (non-hydrogen) atoms. The summed E-state index contributed by atoms with van der Waals surface area (Å²) >= 11 is 0. The van der Waals surface area contributed by atoms with Gasteiger partial charge in [0.05, 0.1) is 13.0 Å². The Hall–Kier alpha value is -1.16. The Kier molecular flexibility index (Phi) is 12.5. The van der Waals surface area contributed by atoms with Gasteiger partial charge in [0.15, 0.2) is 0 Å². The molecule has 0 saturated heterocycles. The molecule has 0 fully saturated rings. The average molecular weight is 271 g/mol. The van der Waals surface area contributed by atoms with E-state index >= 15 is 0 Å². The van der Waals surface area contributed by atoms with Crippen molar-refractivity contribution in [3.8, 4) is 0 Å². The van der Waals surface area contributed by atoms with Crippen molar-refractivity contribution < 1.29 is 19.1 Å². The first-order valence-corrected chi connectivity index (χ1v) is 7.04. The summed E-state index contributed by atoms with van der Waals surface area (Å²) in [6, 6.07) is 0. The van der Waals surface area contributed by atoms with E-state index in [9.17, 15) is 4.79 Å². The van der Waals surface area contributed by atoms with Crippen LogP contribution in [0, 0.1) is 0 Å². The van der Waals surface area contributed by atoms with Crippen molar-refractivity contribution in [2.75, 3.05) is 19.8 Å². The van der Waals surface area contributed by atoms with E-state index in [0.29, 0.717) is 18.8 Å². The predicted octanol–water partition coefficient (Wildman–Crippen LogP) is 3.03. The zero-order valence-corrected chi connectivity index (χ0v) is 12.0. The Morgan fingerprint density at radius 3 is 2.32 bits per heavy atom. The molecule has 0 spiro atoms. The Labute approximate surface area is 116 Å². The number of hydrogen-bond donors (Lipinski definition) is 0. The third-order valence-corrected chi connectivity index (χ3v) is 2.68. The van der Waals surface area contributed by atoms with Gasteiger partial charge in [-0.15, -0.1) is 0 Å². The summed E-state index contributed by atoms with van der Waals surface area (Å²) in [6.07, 6.45) is 8.90. The maximum Gasteiger partial charge on any atom is 0.333 e. The van der Waals surface area contributed by atoms with E-state index in [1.54, 1.807) is 6.92 Å². The average Bonchev–Trinajstić information content (AvgIpc) is 2.39. The summed E-state index contributed by atoms with van der Waals surface area (Å²) in [7, 11) is 0. The molecule has 0 atom stereocenters. The van der Waals surface area contributed by atoms with Crippen LogP contribution in [0.25, 0.3) is 0 Å². The van der Waals surface area contributed by atoms with Crippen molar-refractivity contribution in [3.05, 3.63) is 12.2 Å². The van der Waals surface area contributed by atoms with Gasteiger partial charge in [-0.25, -0.2) is 4.79 Å². The minimum atomic E-state index is -0.358. The largest absolute Gasteiger partial charge is 0.460 e. The van der Waals surface area contributed by atoms with Crippen LogP contribution in [-0.4, -0.2) is 36.9 Å². The molecule has 4 nitrogen and oxygen atoms in total. The van der Waals surface area contributed by atoms with Gasteiger partial charge in [0, 0.05) is 12.2 Å². The third-order valence-electron chi connectivity index (χ3n) is 2.68. The summed E-state index contributed by atoms with van der Waals surface area (Å²) in [5, 5.41) is 0. The molecule has 0 aliphatic heterocycles. The molecule has 1 N–H and O–H groups in total. The van der Waals surface area contributed by atoms with Gasteiger partial charge in [0.25, 0.3) is 6.29 Å². The lowest BCUT2D eigenvalue weighted by Gasteiger charge is -2.05. The quantitative estimate of drug-likeness (QED) is 0.170. The van der Waals surface area contributed by atoms with Crippen molar-refractivity contribution in [1.82, 2.24) is 0 Å². The van der Waals surface area contributed by atoms with Crippen LogP contribution >= 0.6 is 0 Å². The monoisotopic (exact) mass is 271 g/mol. The zero-order chi connectivity index (χ0) is 14.3. The lowest BCUT2D eigenvalue weighted by Crippen LogP contribution is -2.11. The SMILES string of the molecule is C=C(C)C(=O)OCCOCCCCCCCCC=[OH+]. The molecular formula is C15H27O4+. The number of carbonyl (C=O) groups is 1. The van der Waals surface area contributed by atoms with E-state index in [-0.39, 0.29) is 5.97 Å². The molecule has 0 radical (unpaired) electrons. The molecule has 0 bridgehead atoms. The van der Waals surface area contributed by atoms with Crippen LogP contribution in [0.3, 0.4) is 0 Å². The van der Waals surface area contributed by atoms with Gasteiger partial charge < -0.3 is 9.47 Å². The highest BCUT2D eigenvalue weighted by Gasteiger charge is 2.01. The summed E-state index contributed by atoms with van der Waals surface area (Å²) < 4.78 is 10.3. The summed E-state index contributed by atoms with van der Waals surface area (Å²) in [6.45, 7) is 6.59. The smallest absolute Gasteiger partial charge is 0.333 e. The molecule has 0 rings (SSSR count). The summed E-state index contributed by atoms with van der Waals surface area (Å²) in [4.78, 5) is 19.5. The Bertz CT molecular complexity index is 261. The van der Waals surface area contributed by atoms with Gasteiger partial charge in [-0.3, -0.25) is 4.79 Å². The van der Waals surface area contributed by atoms with Gasteiger partial charge in [-0.2, -0.15) is 0 Å². The summed E-state index contributed by atoms with van der Waals surface area (Å²) in [5.74, 6) is -0.358. The van der Waals surface area contributed by atoms with Gasteiger partial charge in [-0.1, -0.05) is 32.3 Å². The van der Waals surface area contributed by atoms with E-state index in [2.05, 4.69) is 6.58 Å². The van der Waals surface area contributed by atoms with Crippen LogP contribution in [-0.2, 0) is 14.3 Å². The molecule has 0 aliphatic rings. The number of hydrogen-bond acceptors (Lipinski definition) is 3. The minimum absolute atomic E-state index is 0.295. The van der Waals surface area contributed by atoms with Crippen molar-refractivity contribution >= 4 is 12.3 Å². The van der Waals surface area contributed by atoms with Crippen LogP contribution < -0.4 is 0 Å². The Balaban J connectivity index is 3.09. The van der Waals surface area contributed by atoms with Crippen molar-refractivity contribution in [2.24, 2.45) is 0 Å². The molecule has 0 aromatic carbocycles. The molecule has 0 aromatic rings. The van der Waals surface area contributed by atoms with Gasteiger partial charge in [0.2, 0.25) is 0 Å². The van der Waals surface area contributed by atoms with Crippen LogP contribution in [0.2, 0.25) is 0 Å². The Morgan fingerprint density at radius 1 is 1.05 bits per heavy atom. The molecule has 0 aromatic heterocycles. The maximum atomic E-state index is 11.0. The second-order valence-corrected chi connectivity index (χ2v) is 4.62. The minimum Gasteiger partial charge on any atom is -0.460 e. The van der Waals surface area contributed by atoms with Crippen molar-refractivity contribution in [1.29, 1.82) is 0 Å². The second kappa shape index (κ2) is 13.3. The predicted molar refractivity (Wildman–Crippen MR) is 76.9 cm³/mol. The molecular weight excluding hydrogens is 244 g/mol. The fourth-order valence-corrected chi connectivity index (χ4v) is 1.57. The highest BCUT2D eigenvalue weighted by atomic mass is 16.6. The van der Waals surface area contributed by atoms with E-state index in [1.165, 1.54) is 25.5 Å². The van der Waals surface area contributed by atoms with Crippen molar-refractivity contribution in [3.63, 3.8) is 0 Å². The van der Waals surface area contributed by atoms with Crippen LogP contribution in [0.15, 0.2) is 12.2 Å². The zero-order valence-electron chi connectivity index (χ0n) is 12.0. The number of carbonyl (C=O) groups excluding carboxylic acids is 2. The van der Waals surface area contributed by atoms with E-state index in [0.717, 1.165) is 32.3 Å². The van der Waals surface area contributed by atoms with Crippen LogP contribution in [0.1, 0.15) is 51.9 Å². The molecule has 0 amide bonds. The first-order valence-electron chi connectivity index (χ1n) is 7.04.